The number of benzene rings is 2. The molecule has 4 heteroatoms. The van der Waals surface area contributed by atoms with Gasteiger partial charge < -0.3 is 10.1 Å². The van der Waals surface area contributed by atoms with Gasteiger partial charge in [-0.3, -0.25) is 9.59 Å². The lowest BCUT2D eigenvalue weighted by Crippen LogP contribution is -2.38. The summed E-state index contributed by atoms with van der Waals surface area (Å²) in [6.45, 7) is 3.68. The molecule has 0 aliphatic carbocycles. The summed E-state index contributed by atoms with van der Waals surface area (Å²) in [5.41, 5.74) is 1.92. The van der Waals surface area contributed by atoms with Crippen molar-refractivity contribution in [2.24, 2.45) is 0 Å². The first-order valence-electron chi connectivity index (χ1n) is 8.69. The molecule has 25 heavy (non-hydrogen) atoms. The summed E-state index contributed by atoms with van der Waals surface area (Å²) in [4.78, 5) is 24.4. The van der Waals surface area contributed by atoms with Crippen molar-refractivity contribution in [2.45, 2.75) is 45.3 Å². The highest BCUT2D eigenvalue weighted by Gasteiger charge is 2.21. The smallest absolute Gasteiger partial charge is 0.311 e. The molecule has 0 aromatic heterocycles. The maximum Gasteiger partial charge on any atom is 0.311 e. The molecule has 0 saturated heterocycles. The van der Waals surface area contributed by atoms with Crippen molar-refractivity contribution in [3.8, 4) is 0 Å². The molecule has 0 aliphatic heterocycles. The molecule has 0 heterocycles. The van der Waals surface area contributed by atoms with Gasteiger partial charge in [0.05, 0.1) is 12.5 Å². The highest BCUT2D eigenvalue weighted by Crippen LogP contribution is 2.18. The molecule has 2 atom stereocenters. The summed E-state index contributed by atoms with van der Waals surface area (Å²) in [5, 5.41) is 2.99. The lowest BCUT2D eigenvalue weighted by molar-refractivity contribution is -0.154. The van der Waals surface area contributed by atoms with Crippen LogP contribution in [0.25, 0.3) is 0 Å². The van der Waals surface area contributed by atoms with Gasteiger partial charge in [-0.25, -0.2) is 0 Å². The maximum absolute atomic E-state index is 12.4. The van der Waals surface area contributed by atoms with Gasteiger partial charge in [0.1, 0.15) is 0 Å². The number of hydrogen-bond acceptors (Lipinski definition) is 3. The number of amides is 1. The molecule has 2 aromatic carbocycles. The first-order chi connectivity index (χ1) is 12.1. The van der Waals surface area contributed by atoms with Gasteiger partial charge in [-0.1, -0.05) is 74.0 Å². The Labute approximate surface area is 149 Å². The Morgan fingerprint density at radius 1 is 1.00 bits per heavy atom. The maximum atomic E-state index is 12.4. The van der Waals surface area contributed by atoms with Crippen molar-refractivity contribution in [2.75, 3.05) is 0 Å². The molecule has 2 rings (SSSR count). The van der Waals surface area contributed by atoms with E-state index >= 15 is 0 Å². The minimum absolute atomic E-state index is 0.0750. The van der Waals surface area contributed by atoms with Gasteiger partial charge in [-0.05, 0) is 24.5 Å². The largest absolute Gasteiger partial charge is 0.452 e. The van der Waals surface area contributed by atoms with Gasteiger partial charge in [-0.15, -0.1) is 0 Å². The summed E-state index contributed by atoms with van der Waals surface area (Å²) in [7, 11) is 0. The molecule has 132 valence electrons. The number of rotatable bonds is 8. The van der Waals surface area contributed by atoms with Gasteiger partial charge in [0.25, 0.3) is 5.91 Å². The standard InChI is InChI=1S/C21H25NO3/c1-3-10-19(18-13-8-5-9-14-18)22-21(24)16(2)25-20(23)15-17-11-6-4-7-12-17/h4-9,11-14,16,19H,3,10,15H2,1-2H3,(H,22,24). The van der Waals surface area contributed by atoms with E-state index in [0.717, 1.165) is 24.0 Å². The van der Waals surface area contributed by atoms with E-state index in [1.54, 1.807) is 6.92 Å². The van der Waals surface area contributed by atoms with Crippen LogP contribution in [0.3, 0.4) is 0 Å². The molecule has 1 N–H and O–H groups in total. The Kier molecular flexibility index (Phi) is 7.20. The van der Waals surface area contributed by atoms with Crippen LogP contribution in [0.4, 0.5) is 0 Å². The molecule has 0 saturated carbocycles. The van der Waals surface area contributed by atoms with Crippen LogP contribution in [0.1, 0.15) is 43.9 Å². The zero-order valence-corrected chi connectivity index (χ0v) is 14.8. The second-order valence-corrected chi connectivity index (χ2v) is 6.05. The Hall–Kier alpha value is -2.62. The predicted octanol–water partition coefficient (Wildman–Crippen LogP) is 3.82. The zero-order valence-electron chi connectivity index (χ0n) is 14.8. The lowest BCUT2D eigenvalue weighted by atomic mass is 10.0. The minimum atomic E-state index is -0.820. The Morgan fingerprint density at radius 3 is 2.20 bits per heavy atom. The average molecular weight is 339 g/mol. The van der Waals surface area contributed by atoms with Crippen LogP contribution in [0.5, 0.6) is 0 Å². The summed E-state index contributed by atoms with van der Waals surface area (Å²) in [6.07, 6.45) is 1.12. The van der Waals surface area contributed by atoms with E-state index in [2.05, 4.69) is 12.2 Å². The quantitative estimate of drug-likeness (QED) is 0.744. The van der Waals surface area contributed by atoms with Gasteiger partial charge in [0.2, 0.25) is 0 Å². The van der Waals surface area contributed by atoms with Crippen molar-refractivity contribution < 1.29 is 14.3 Å². The van der Waals surface area contributed by atoms with Crippen molar-refractivity contribution in [3.05, 3.63) is 71.8 Å². The monoisotopic (exact) mass is 339 g/mol. The molecule has 0 fully saturated rings. The molecular formula is C21H25NO3. The summed E-state index contributed by atoms with van der Waals surface area (Å²) in [6, 6.07) is 19.1. The molecule has 0 radical (unpaired) electrons. The SMILES string of the molecule is CCCC(NC(=O)C(C)OC(=O)Cc1ccccc1)c1ccccc1. The second kappa shape index (κ2) is 9.62. The van der Waals surface area contributed by atoms with E-state index in [1.807, 2.05) is 60.7 Å². The summed E-state index contributed by atoms with van der Waals surface area (Å²) >= 11 is 0. The lowest BCUT2D eigenvalue weighted by Gasteiger charge is -2.21. The first-order valence-corrected chi connectivity index (χ1v) is 8.69. The van der Waals surface area contributed by atoms with E-state index in [-0.39, 0.29) is 18.4 Å². The fourth-order valence-electron chi connectivity index (χ4n) is 2.64. The van der Waals surface area contributed by atoms with E-state index in [0.29, 0.717) is 0 Å². The van der Waals surface area contributed by atoms with Crippen LogP contribution in [-0.2, 0) is 20.7 Å². The third kappa shape index (κ3) is 6.07. The molecule has 0 aliphatic rings. The highest BCUT2D eigenvalue weighted by atomic mass is 16.5. The first kappa shape index (κ1) is 18.7. The molecule has 4 nitrogen and oxygen atoms in total. The Bertz CT molecular complexity index is 670. The average Bonchev–Trinajstić information content (AvgIpc) is 2.62. The summed E-state index contributed by atoms with van der Waals surface area (Å²) in [5.74, 6) is -0.677. The van der Waals surface area contributed by atoms with Gasteiger partial charge in [-0.2, -0.15) is 0 Å². The molecule has 2 unspecified atom stereocenters. The third-order valence-corrected chi connectivity index (χ3v) is 3.96. The third-order valence-electron chi connectivity index (χ3n) is 3.96. The number of esters is 1. The van der Waals surface area contributed by atoms with E-state index < -0.39 is 12.1 Å². The minimum Gasteiger partial charge on any atom is -0.452 e. The number of ether oxygens (including phenoxy) is 1. The summed E-state index contributed by atoms with van der Waals surface area (Å²) < 4.78 is 5.28. The molecular weight excluding hydrogens is 314 g/mol. The fourth-order valence-corrected chi connectivity index (χ4v) is 2.64. The topological polar surface area (TPSA) is 55.4 Å². The van der Waals surface area contributed by atoms with Crippen LogP contribution in [0.2, 0.25) is 0 Å². The zero-order chi connectivity index (χ0) is 18.1. The normalized spacial score (nSPS) is 12.9. The van der Waals surface area contributed by atoms with Crippen LogP contribution in [0, 0.1) is 0 Å². The Morgan fingerprint density at radius 2 is 1.60 bits per heavy atom. The van der Waals surface area contributed by atoms with Gasteiger partial charge in [0, 0.05) is 0 Å². The van der Waals surface area contributed by atoms with Gasteiger partial charge >= 0.3 is 5.97 Å². The number of carbonyl (C=O) groups is 2. The van der Waals surface area contributed by atoms with Crippen molar-refractivity contribution in [3.63, 3.8) is 0 Å². The number of carbonyl (C=O) groups excluding carboxylic acids is 2. The van der Waals surface area contributed by atoms with Crippen LogP contribution < -0.4 is 5.32 Å². The van der Waals surface area contributed by atoms with Crippen LogP contribution in [-0.4, -0.2) is 18.0 Å². The second-order valence-electron chi connectivity index (χ2n) is 6.05. The van der Waals surface area contributed by atoms with Crippen molar-refractivity contribution in [1.82, 2.24) is 5.32 Å². The molecule has 0 spiro atoms. The van der Waals surface area contributed by atoms with Crippen LogP contribution >= 0.6 is 0 Å². The van der Waals surface area contributed by atoms with Crippen molar-refractivity contribution in [1.29, 1.82) is 0 Å². The Balaban J connectivity index is 1.90. The van der Waals surface area contributed by atoms with E-state index in [9.17, 15) is 9.59 Å². The number of hydrogen-bond donors (Lipinski definition) is 1. The van der Waals surface area contributed by atoms with E-state index in [4.69, 9.17) is 4.74 Å². The van der Waals surface area contributed by atoms with Gasteiger partial charge in [0.15, 0.2) is 6.10 Å². The highest BCUT2D eigenvalue weighted by molar-refractivity contribution is 5.84. The molecule has 2 aromatic rings. The fraction of sp³-hybridized carbons (Fsp3) is 0.333. The van der Waals surface area contributed by atoms with E-state index in [1.165, 1.54) is 0 Å². The molecule has 0 bridgehead atoms. The number of nitrogens with one attached hydrogen (secondary N) is 1. The predicted molar refractivity (Wildman–Crippen MR) is 97.9 cm³/mol. The van der Waals surface area contributed by atoms with Crippen LogP contribution in [0.15, 0.2) is 60.7 Å². The van der Waals surface area contributed by atoms with Crippen molar-refractivity contribution >= 4 is 11.9 Å². The molecule has 1 amide bonds.